The van der Waals surface area contributed by atoms with E-state index in [0.29, 0.717) is 5.92 Å². The third-order valence-electron chi connectivity index (χ3n) is 8.85. The van der Waals surface area contributed by atoms with Gasteiger partial charge in [-0.1, -0.05) is 136 Å². The zero-order valence-corrected chi connectivity index (χ0v) is 29.9. The molecule has 0 saturated carbocycles. The van der Waals surface area contributed by atoms with Gasteiger partial charge < -0.3 is 0 Å². The summed E-state index contributed by atoms with van der Waals surface area (Å²) in [4.78, 5) is 0. The molecule has 0 atom stereocenters. The molecule has 8 rings (SSSR count). The second-order valence-electron chi connectivity index (χ2n) is 12.4. The summed E-state index contributed by atoms with van der Waals surface area (Å²) in [6, 6.07) is 50.8. The summed E-state index contributed by atoms with van der Waals surface area (Å²) in [6.45, 7) is 10.9. The van der Waals surface area contributed by atoms with Crippen LogP contribution in [0.3, 0.4) is 0 Å². The summed E-state index contributed by atoms with van der Waals surface area (Å²) in [5, 5.41) is 10.7. The molecule has 46 heavy (non-hydrogen) atoms. The molecule has 0 aliphatic heterocycles. The Kier molecular flexibility index (Phi) is 9.72. The maximum atomic E-state index is 2.36. The molecular formula is C45H40Zr. The fraction of sp³-hybridized carbons (Fsp3) is 0.133. The van der Waals surface area contributed by atoms with Crippen molar-refractivity contribution in [2.75, 3.05) is 0 Å². The van der Waals surface area contributed by atoms with Crippen LogP contribution in [-0.4, -0.2) is 3.71 Å². The molecular weight excluding hydrogens is 632 g/mol. The van der Waals surface area contributed by atoms with Gasteiger partial charge in [0.1, 0.15) is 0 Å². The Hall–Kier alpha value is -4.19. The van der Waals surface area contributed by atoms with Crippen LogP contribution in [0.15, 0.2) is 140 Å². The normalized spacial score (nSPS) is 11.0. The molecule has 0 bridgehead atoms. The van der Waals surface area contributed by atoms with Gasteiger partial charge in [-0.15, -0.1) is 68.6 Å². The minimum absolute atomic E-state index is 0.563. The van der Waals surface area contributed by atoms with Gasteiger partial charge in [-0.05, 0) is 38.6 Å². The van der Waals surface area contributed by atoms with Crippen molar-refractivity contribution < 1.29 is 24.2 Å². The Morgan fingerprint density at radius 1 is 0.543 bits per heavy atom. The van der Waals surface area contributed by atoms with E-state index in [-0.39, 0.29) is 0 Å². The first-order valence-corrected chi connectivity index (χ1v) is 17.6. The van der Waals surface area contributed by atoms with Gasteiger partial charge in [0.05, 0.1) is 0 Å². The topological polar surface area (TPSA) is 0 Å². The van der Waals surface area contributed by atoms with Crippen molar-refractivity contribution >= 4 is 46.8 Å². The van der Waals surface area contributed by atoms with Crippen LogP contribution in [-0.2, 0) is 24.2 Å². The fourth-order valence-corrected chi connectivity index (χ4v) is 6.57. The summed E-state index contributed by atoms with van der Waals surface area (Å²) < 4.78 is 2.09. The summed E-state index contributed by atoms with van der Waals surface area (Å²) >= 11 is 1.51. The molecule has 1 heteroatoms. The van der Waals surface area contributed by atoms with Gasteiger partial charge in [0, 0.05) is 0 Å². The van der Waals surface area contributed by atoms with Gasteiger partial charge in [0.25, 0.3) is 0 Å². The van der Waals surface area contributed by atoms with E-state index in [2.05, 4.69) is 171 Å². The molecule has 0 spiro atoms. The second-order valence-corrected chi connectivity index (χ2v) is 13.8. The Labute approximate surface area is 288 Å². The van der Waals surface area contributed by atoms with Crippen molar-refractivity contribution in [3.63, 3.8) is 0 Å². The molecule has 0 aliphatic rings. The van der Waals surface area contributed by atoms with E-state index < -0.39 is 0 Å². The molecule has 0 N–H and O–H groups in total. The van der Waals surface area contributed by atoms with Crippen LogP contribution in [0.5, 0.6) is 0 Å². The summed E-state index contributed by atoms with van der Waals surface area (Å²) in [5.41, 5.74) is 9.42. The van der Waals surface area contributed by atoms with Crippen molar-refractivity contribution in [3.05, 3.63) is 156 Å². The van der Waals surface area contributed by atoms with Crippen LogP contribution in [0.4, 0.5) is 0 Å². The summed E-state index contributed by atoms with van der Waals surface area (Å²) in [5.74, 6) is 0.563. The van der Waals surface area contributed by atoms with E-state index >= 15 is 0 Å². The van der Waals surface area contributed by atoms with E-state index in [1.54, 1.807) is 0 Å². The van der Waals surface area contributed by atoms with Crippen molar-refractivity contribution in [2.45, 2.75) is 40.5 Å². The zero-order valence-electron chi connectivity index (χ0n) is 27.4. The molecule has 0 aliphatic carbocycles. The molecule has 8 aromatic rings. The molecule has 0 saturated heterocycles. The van der Waals surface area contributed by atoms with Gasteiger partial charge in [0.15, 0.2) is 0 Å². The van der Waals surface area contributed by atoms with Gasteiger partial charge in [-0.2, -0.15) is 12.1 Å². The molecule has 0 nitrogen and oxygen atoms in total. The van der Waals surface area contributed by atoms with Crippen LogP contribution in [0, 0.1) is 13.8 Å². The predicted octanol–water partition coefficient (Wildman–Crippen LogP) is 12.9. The van der Waals surface area contributed by atoms with E-state index in [4.69, 9.17) is 0 Å². The van der Waals surface area contributed by atoms with E-state index in [1.807, 2.05) is 6.92 Å². The van der Waals surface area contributed by atoms with E-state index in [0.717, 1.165) is 0 Å². The van der Waals surface area contributed by atoms with Gasteiger partial charge in [-0.25, -0.2) is 0 Å². The smallest absolute Gasteiger partial charge is 0.0114 e. The zero-order chi connectivity index (χ0) is 32.2. The number of rotatable bonds is 3. The van der Waals surface area contributed by atoms with Crippen molar-refractivity contribution in [2.24, 2.45) is 0 Å². The fourth-order valence-electron chi connectivity index (χ4n) is 6.57. The number of hydrogen-bond donors (Lipinski definition) is 0. The predicted molar refractivity (Wildman–Crippen MR) is 200 cm³/mol. The molecule has 8 aromatic carbocycles. The molecule has 0 heterocycles. The molecule has 224 valence electrons. The number of benzene rings is 6. The standard InChI is InChI=1S/C22H19.C21H17.C2H4.Zr/c1-15(2)18-13-17-9-6-12-21(22(17)14-18)20-11-5-8-16-7-3-4-10-19(16)20;1-14-12-20-15(2)10-11-19(21(20)13-14)18-9-5-7-16-6-3-4-8-17(16)18;1-2;/h3-15H,1-2H3;3-13H,1-2H3;1H,2H3;/q2*-1;;+2. The first kappa shape index (κ1) is 31.8. The van der Waals surface area contributed by atoms with Gasteiger partial charge in [-0.3, -0.25) is 0 Å². The third-order valence-corrected chi connectivity index (χ3v) is 8.85. The number of hydrogen-bond acceptors (Lipinski definition) is 0. The van der Waals surface area contributed by atoms with Crippen LogP contribution in [0.25, 0.3) is 65.3 Å². The second kappa shape index (κ2) is 14.1. The Morgan fingerprint density at radius 3 is 1.63 bits per heavy atom. The first-order valence-electron chi connectivity index (χ1n) is 16.2. The Morgan fingerprint density at radius 2 is 1.04 bits per heavy atom. The minimum Gasteiger partial charge on any atom is -0.165 e. The van der Waals surface area contributed by atoms with Gasteiger partial charge in [0.2, 0.25) is 0 Å². The Balaban J connectivity index is 0.000000149. The Bertz CT molecular complexity index is 2280. The van der Waals surface area contributed by atoms with Crippen LogP contribution >= 0.6 is 0 Å². The average Bonchev–Trinajstić information content (AvgIpc) is 3.70. The van der Waals surface area contributed by atoms with Crippen LogP contribution in [0.1, 0.15) is 43.4 Å². The van der Waals surface area contributed by atoms with Crippen LogP contribution in [0.2, 0.25) is 0 Å². The average molecular weight is 672 g/mol. The van der Waals surface area contributed by atoms with Crippen molar-refractivity contribution in [1.82, 2.24) is 0 Å². The number of fused-ring (bicyclic) bond motifs is 4. The third kappa shape index (κ3) is 6.40. The van der Waals surface area contributed by atoms with Gasteiger partial charge >= 0.3 is 34.9 Å². The van der Waals surface area contributed by atoms with E-state index in [1.165, 1.54) is 106 Å². The van der Waals surface area contributed by atoms with Crippen molar-refractivity contribution in [1.29, 1.82) is 0 Å². The first-order chi connectivity index (χ1) is 22.4. The number of aryl methyl sites for hydroxylation is 2. The SMILES string of the molecule is CC(C)c1cc2c(-c3cccc4ccccc34)cccc2[cH-]1.C[CH]=[Zr+2].Cc1cc2c(-c3cccc4ccccc34)ccc(C)c2[cH-]1. The molecule has 0 fully saturated rings. The summed E-state index contributed by atoms with van der Waals surface area (Å²) in [6.07, 6.45) is 0. The van der Waals surface area contributed by atoms with Crippen molar-refractivity contribution in [3.8, 4) is 22.3 Å². The van der Waals surface area contributed by atoms with Crippen LogP contribution < -0.4 is 0 Å². The largest absolute Gasteiger partial charge is 0.165 e. The van der Waals surface area contributed by atoms with E-state index in [9.17, 15) is 0 Å². The monoisotopic (exact) mass is 670 g/mol. The minimum atomic E-state index is 0.563. The maximum Gasteiger partial charge on any atom is -0.0114 e. The molecule has 0 radical (unpaired) electrons. The molecule has 0 unspecified atom stereocenters. The molecule has 0 amide bonds. The quantitative estimate of drug-likeness (QED) is 0.164. The molecule has 0 aromatic heterocycles. The maximum absolute atomic E-state index is 2.36. The summed E-state index contributed by atoms with van der Waals surface area (Å²) in [7, 11) is 0.